The Balaban J connectivity index is 1.80. The standard InChI is InChI=1S/C15H20N4O/c1-2-20-15(11-16-9-13-5-3-7-18-13)12-17-10-14-6-4-8-19-14/h3-10,15,18-19H,2,11-12H2,1H3. The summed E-state index contributed by atoms with van der Waals surface area (Å²) in [6, 6.07) is 7.84. The van der Waals surface area contributed by atoms with Crippen LogP contribution in [0.5, 0.6) is 0 Å². The highest BCUT2D eigenvalue weighted by molar-refractivity contribution is 5.77. The lowest BCUT2D eigenvalue weighted by Gasteiger charge is -2.11. The minimum absolute atomic E-state index is 0.0115. The highest BCUT2D eigenvalue weighted by Crippen LogP contribution is 1.97. The lowest BCUT2D eigenvalue weighted by molar-refractivity contribution is 0.0762. The Bertz CT molecular complexity index is 468. The predicted octanol–water partition coefficient (Wildman–Crippen LogP) is 2.29. The molecule has 2 N–H and O–H groups in total. The van der Waals surface area contributed by atoms with Crippen LogP contribution in [0.4, 0.5) is 0 Å². The summed E-state index contributed by atoms with van der Waals surface area (Å²) in [5.41, 5.74) is 1.99. The Morgan fingerprint density at radius 3 is 2.00 bits per heavy atom. The van der Waals surface area contributed by atoms with Gasteiger partial charge in [0.05, 0.1) is 30.6 Å². The SMILES string of the molecule is CCOC(CN=Cc1ccc[nH]1)CN=Cc1ccc[nH]1. The molecule has 0 bridgehead atoms. The van der Waals surface area contributed by atoms with Crippen LogP contribution in [0.15, 0.2) is 46.6 Å². The van der Waals surface area contributed by atoms with E-state index < -0.39 is 0 Å². The second kappa shape index (κ2) is 8.12. The van der Waals surface area contributed by atoms with Crippen LogP contribution >= 0.6 is 0 Å². The van der Waals surface area contributed by atoms with Crippen LogP contribution < -0.4 is 0 Å². The first-order valence-corrected chi connectivity index (χ1v) is 6.76. The van der Waals surface area contributed by atoms with Gasteiger partial charge in [0.15, 0.2) is 0 Å². The molecule has 2 aromatic rings. The number of H-pyrrole nitrogens is 2. The third-order valence-electron chi connectivity index (χ3n) is 2.73. The summed E-state index contributed by atoms with van der Waals surface area (Å²) in [4.78, 5) is 14.9. The number of nitrogens with zero attached hydrogens (tertiary/aromatic N) is 2. The second-order valence-electron chi connectivity index (χ2n) is 4.32. The molecule has 0 amide bonds. The third-order valence-corrected chi connectivity index (χ3v) is 2.73. The Kier molecular flexibility index (Phi) is 5.79. The van der Waals surface area contributed by atoms with Gasteiger partial charge in [-0.3, -0.25) is 9.98 Å². The molecule has 5 nitrogen and oxygen atoms in total. The number of aromatic amines is 2. The van der Waals surface area contributed by atoms with Gasteiger partial charge in [0.2, 0.25) is 0 Å². The molecule has 5 heteroatoms. The molecular formula is C15H20N4O. The van der Waals surface area contributed by atoms with Gasteiger partial charge in [-0.1, -0.05) is 0 Å². The third kappa shape index (κ3) is 4.85. The van der Waals surface area contributed by atoms with Crippen molar-refractivity contribution >= 4 is 12.4 Å². The summed E-state index contributed by atoms with van der Waals surface area (Å²) in [5.74, 6) is 0. The lowest BCUT2D eigenvalue weighted by atomic mass is 10.3. The monoisotopic (exact) mass is 272 g/mol. The van der Waals surface area contributed by atoms with Gasteiger partial charge >= 0.3 is 0 Å². The molecule has 0 saturated carbocycles. The Hall–Kier alpha value is -2.14. The van der Waals surface area contributed by atoms with E-state index in [1.54, 1.807) is 0 Å². The van der Waals surface area contributed by atoms with Crippen LogP contribution in [-0.2, 0) is 4.74 Å². The molecule has 0 saturated heterocycles. The molecule has 2 rings (SSSR count). The van der Waals surface area contributed by atoms with E-state index in [1.807, 2.05) is 56.0 Å². The van der Waals surface area contributed by atoms with E-state index in [4.69, 9.17) is 4.74 Å². The van der Waals surface area contributed by atoms with Gasteiger partial charge in [0, 0.05) is 31.4 Å². The van der Waals surface area contributed by atoms with Crippen LogP contribution in [-0.4, -0.2) is 48.2 Å². The van der Waals surface area contributed by atoms with E-state index in [0.717, 1.165) is 11.4 Å². The molecule has 2 heterocycles. The summed E-state index contributed by atoms with van der Waals surface area (Å²) >= 11 is 0. The molecule has 0 aliphatic carbocycles. The highest BCUT2D eigenvalue weighted by Gasteiger charge is 2.05. The van der Waals surface area contributed by atoms with E-state index in [1.165, 1.54) is 0 Å². The van der Waals surface area contributed by atoms with E-state index >= 15 is 0 Å². The van der Waals surface area contributed by atoms with Crippen LogP contribution in [0, 0.1) is 0 Å². The van der Waals surface area contributed by atoms with Gasteiger partial charge in [-0.05, 0) is 31.2 Å². The van der Waals surface area contributed by atoms with E-state index in [9.17, 15) is 0 Å². The zero-order valence-corrected chi connectivity index (χ0v) is 11.6. The molecule has 0 aliphatic heterocycles. The van der Waals surface area contributed by atoms with E-state index in [2.05, 4.69) is 20.0 Å². The lowest BCUT2D eigenvalue weighted by Crippen LogP contribution is -2.20. The molecule has 0 radical (unpaired) electrons. The van der Waals surface area contributed by atoms with Crippen molar-refractivity contribution in [1.29, 1.82) is 0 Å². The van der Waals surface area contributed by atoms with E-state index in [-0.39, 0.29) is 6.10 Å². The number of rotatable bonds is 8. The van der Waals surface area contributed by atoms with Gasteiger partial charge < -0.3 is 14.7 Å². The van der Waals surface area contributed by atoms with Crippen molar-refractivity contribution in [3.63, 3.8) is 0 Å². The maximum absolute atomic E-state index is 5.63. The number of aliphatic imine (C=N–C) groups is 2. The number of hydrogen-bond donors (Lipinski definition) is 2. The van der Waals surface area contributed by atoms with Gasteiger partial charge in [-0.25, -0.2) is 0 Å². The van der Waals surface area contributed by atoms with Gasteiger partial charge in [0.1, 0.15) is 0 Å². The van der Waals surface area contributed by atoms with Gasteiger partial charge in [-0.2, -0.15) is 0 Å². The Labute approximate surface area is 118 Å². The largest absolute Gasteiger partial charge is 0.375 e. The number of ether oxygens (including phenoxy) is 1. The molecule has 0 aliphatic rings. The molecule has 0 atom stereocenters. The summed E-state index contributed by atoms with van der Waals surface area (Å²) in [5, 5.41) is 0. The van der Waals surface area contributed by atoms with Gasteiger partial charge in [0.25, 0.3) is 0 Å². The minimum atomic E-state index is 0.0115. The fourth-order valence-corrected chi connectivity index (χ4v) is 1.79. The maximum atomic E-state index is 5.63. The molecule has 0 spiro atoms. The molecule has 0 fully saturated rings. The van der Waals surface area contributed by atoms with Crippen LogP contribution in [0.1, 0.15) is 18.3 Å². The van der Waals surface area contributed by atoms with Crippen molar-refractivity contribution in [3.8, 4) is 0 Å². The van der Waals surface area contributed by atoms with Crippen LogP contribution in [0.25, 0.3) is 0 Å². The Morgan fingerprint density at radius 2 is 1.60 bits per heavy atom. The van der Waals surface area contributed by atoms with Crippen molar-refractivity contribution < 1.29 is 4.74 Å². The molecule has 106 valence electrons. The summed E-state index contributed by atoms with van der Waals surface area (Å²) in [6.07, 6.45) is 7.41. The fraction of sp³-hybridized carbons (Fsp3) is 0.333. The normalized spacial score (nSPS) is 13.4. The molecular weight excluding hydrogens is 252 g/mol. The Morgan fingerprint density at radius 1 is 1.05 bits per heavy atom. The van der Waals surface area contributed by atoms with Crippen molar-refractivity contribution in [2.24, 2.45) is 9.98 Å². The van der Waals surface area contributed by atoms with Crippen LogP contribution in [0.2, 0.25) is 0 Å². The fourth-order valence-electron chi connectivity index (χ4n) is 1.79. The van der Waals surface area contributed by atoms with Gasteiger partial charge in [-0.15, -0.1) is 0 Å². The average Bonchev–Trinajstić information content (AvgIpc) is 3.11. The van der Waals surface area contributed by atoms with Crippen LogP contribution in [0.3, 0.4) is 0 Å². The maximum Gasteiger partial charge on any atom is 0.0964 e. The first kappa shape index (κ1) is 14.3. The molecule has 2 aromatic heterocycles. The number of aromatic nitrogens is 2. The molecule has 0 unspecified atom stereocenters. The summed E-state index contributed by atoms with van der Waals surface area (Å²) < 4.78 is 5.63. The molecule has 20 heavy (non-hydrogen) atoms. The zero-order chi connectivity index (χ0) is 14.0. The topological polar surface area (TPSA) is 65.5 Å². The van der Waals surface area contributed by atoms with Crippen molar-refractivity contribution in [2.45, 2.75) is 13.0 Å². The second-order valence-corrected chi connectivity index (χ2v) is 4.32. The quantitative estimate of drug-likeness (QED) is 0.711. The zero-order valence-electron chi connectivity index (χ0n) is 11.6. The first-order valence-electron chi connectivity index (χ1n) is 6.76. The summed E-state index contributed by atoms with van der Waals surface area (Å²) in [6.45, 7) is 3.86. The average molecular weight is 272 g/mol. The predicted molar refractivity (Wildman–Crippen MR) is 81.9 cm³/mol. The van der Waals surface area contributed by atoms with Crippen molar-refractivity contribution in [3.05, 3.63) is 48.0 Å². The molecule has 0 aromatic carbocycles. The van der Waals surface area contributed by atoms with Crippen molar-refractivity contribution in [2.75, 3.05) is 19.7 Å². The highest BCUT2D eigenvalue weighted by atomic mass is 16.5. The first-order chi connectivity index (χ1) is 9.88. The van der Waals surface area contributed by atoms with Crippen molar-refractivity contribution in [1.82, 2.24) is 9.97 Å². The minimum Gasteiger partial charge on any atom is -0.375 e. The summed E-state index contributed by atoms with van der Waals surface area (Å²) in [7, 11) is 0. The smallest absolute Gasteiger partial charge is 0.0964 e. The van der Waals surface area contributed by atoms with E-state index in [0.29, 0.717) is 19.7 Å². The number of nitrogens with one attached hydrogen (secondary N) is 2. The number of hydrogen-bond acceptors (Lipinski definition) is 3.